The zero-order valence-electron chi connectivity index (χ0n) is 12.8. The summed E-state index contributed by atoms with van der Waals surface area (Å²) in [4.78, 5) is 24.1. The molecule has 7 nitrogen and oxygen atoms in total. The number of urea groups is 1. The Hall–Kier alpha value is -1.34. The van der Waals surface area contributed by atoms with Gasteiger partial charge in [-0.15, -0.1) is 0 Å². The second kappa shape index (κ2) is 8.19. The molecule has 7 heteroatoms. The third-order valence-electron chi connectivity index (χ3n) is 3.32. The molecule has 0 spiro atoms. The summed E-state index contributed by atoms with van der Waals surface area (Å²) in [5.41, 5.74) is -0.468. The van der Waals surface area contributed by atoms with E-state index in [0.717, 1.165) is 12.8 Å². The van der Waals surface area contributed by atoms with Crippen LogP contribution in [0.15, 0.2) is 0 Å². The highest BCUT2D eigenvalue weighted by Gasteiger charge is 2.35. The molecule has 1 aliphatic heterocycles. The summed E-state index contributed by atoms with van der Waals surface area (Å²) < 4.78 is 5.66. The van der Waals surface area contributed by atoms with Crippen LogP contribution < -0.4 is 5.32 Å². The number of morpholine rings is 1. The van der Waals surface area contributed by atoms with Gasteiger partial charge in [0.2, 0.25) is 0 Å². The number of hydrogen-bond donors (Lipinski definition) is 3. The van der Waals surface area contributed by atoms with Gasteiger partial charge in [-0.1, -0.05) is 6.42 Å². The molecule has 1 aliphatic rings. The van der Waals surface area contributed by atoms with Gasteiger partial charge < -0.3 is 25.2 Å². The van der Waals surface area contributed by atoms with Crippen LogP contribution in [0, 0.1) is 0 Å². The van der Waals surface area contributed by atoms with Crippen LogP contribution in [-0.4, -0.2) is 65.1 Å². The lowest BCUT2D eigenvalue weighted by atomic mass is 10.1. The van der Waals surface area contributed by atoms with Crippen molar-refractivity contribution in [3.63, 3.8) is 0 Å². The monoisotopic (exact) mass is 302 g/mol. The largest absolute Gasteiger partial charge is 0.481 e. The highest BCUT2D eigenvalue weighted by Crippen LogP contribution is 2.20. The average Bonchev–Trinajstić information content (AvgIpc) is 2.40. The second-order valence-electron chi connectivity index (χ2n) is 6.00. The molecule has 1 atom stereocenters. The normalized spacial score (nSPS) is 21.1. The lowest BCUT2D eigenvalue weighted by Crippen LogP contribution is -2.57. The van der Waals surface area contributed by atoms with E-state index in [0.29, 0.717) is 26.1 Å². The summed E-state index contributed by atoms with van der Waals surface area (Å²) in [6.45, 7) is 5.06. The van der Waals surface area contributed by atoms with Gasteiger partial charge >= 0.3 is 12.0 Å². The molecule has 0 aromatic heterocycles. The highest BCUT2D eigenvalue weighted by molar-refractivity contribution is 5.74. The van der Waals surface area contributed by atoms with E-state index in [9.17, 15) is 14.7 Å². The summed E-state index contributed by atoms with van der Waals surface area (Å²) in [6.07, 6.45) is 1.98. The number of nitrogens with one attached hydrogen (secondary N) is 1. The Labute approximate surface area is 125 Å². The Morgan fingerprint density at radius 1 is 1.33 bits per heavy atom. The van der Waals surface area contributed by atoms with Crippen LogP contribution in [0.4, 0.5) is 4.79 Å². The number of carbonyl (C=O) groups is 2. The first-order valence-electron chi connectivity index (χ1n) is 7.37. The van der Waals surface area contributed by atoms with Gasteiger partial charge in [0.25, 0.3) is 0 Å². The van der Waals surface area contributed by atoms with Crippen molar-refractivity contribution in [3.8, 4) is 0 Å². The predicted octanol–water partition coefficient (Wildman–Crippen LogP) is 0.813. The van der Waals surface area contributed by atoms with Crippen molar-refractivity contribution in [1.82, 2.24) is 10.2 Å². The number of hydrogen-bond acceptors (Lipinski definition) is 4. The number of unbranched alkanes of at least 4 members (excludes halogenated alkanes) is 2. The number of carbonyl (C=O) groups excluding carboxylic acids is 1. The molecular weight excluding hydrogens is 276 g/mol. The standard InChI is InChI=1S/C14H26N2O5/c1-14(2)10-16(8-11(9-17)21-14)13(20)15-7-5-3-4-6-12(18)19/h11,17H,3-10H2,1-2H3,(H,15,20)(H,18,19). The Morgan fingerprint density at radius 3 is 2.67 bits per heavy atom. The van der Waals surface area contributed by atoms with Crippen molar-refractivity contribution in [2.75, 3.05) is 26.2 Å². The Kier molecular flexibility index (Phi) is 6.91. The van der Waals surface area contributed by atoms with Crippen molar-refractivity contribution < 1.29 is 24.5 Å². The van der Waals surface area contributed by atoms with E-state index >= 15 is 0 Å². The number of nitrogens with zero attached hydrogens (tertiary/aromatic N) is 1. The third-order valence-corrected chi connectivity index (χ3v) is 3.32. The van der Waals surface area contributed by atoms with Crippen molar-refractivity contribution in [2.24, 2.45) is 0 Å². The zero-order valence-corrected chi connectivity index (χ0v) is 12.8. The predicted molar refractivity (Wildman–Crippen MR) is 77.1 cm³/mol. The van der Waals surface area contributed by atoms with E-state index in [4.69, 9.17) is 9.84 Å². The molecule has 122 valence electrons. The van der Waals surface area contributed by atoms with Gasteiger partial charge in [0.15, 0.2) is 0 Å². The molecule has 1 unspecified atom stereocenters. The molecule has 0 aromatic rings. The lowest BCUT2D eigenvalue weighted by molar-refractivity contribution is -0.138. The number of amides is 2. The minimum Gasteiger partial charge on any atom is -0.481 e. The van der Waals surface area contributed by atoms with Gasteiger partial charge in [0.05, 0.1) is 31.4 Å². The first kappa shape index (κ1) is 17.7. The SMILES string of the molecule is CC1(C)CN(C(=O)NCCCCCC(=O)O)CC(CO)O1. The molecule has 3 N–H and O–H groups in total. The van der Waals surface area contributed by atoms with E-state index in [1.54, 1.807) is 4.90 Å². The Balaban J connectivity index is 2.26. The molecule has 0 saturated carbocycles. The van der Waals surface area contributed by atoms with Crippen molar-refractivity contribution in [2.45, 2.75) is 51.2 Å². The van der Waals surface area contributed by atoms with Crippen LogP contribution in [-0.2, 0) is 9.53 Å². The molecule has 1 fully saturated rings. The van der Waals surface area contributed by atoms with E-state index in [1.165, 1.54) is 0 Å². The van der Waals surface area contributed by atoms with Gasteiger partial charge in [-0.25, -0.2) is 4.79 Å². The maximum atomic E-state index is 12.1. The first-order chi connectivity index (χ1) is 9.84. The van der Waals surface area contributed by atoms with E-state index in [2.05, 4.69) is 5.32 Å². The quantitative estimate of drug-likeness (QED) is 0.605. The van der Waals surface area contributed by atoms with Crippen molar-refractivity contribution in [1.29, 1.82) is 0 Å². The number of carboxylic acids is 1. The van der Waals surface area contributed by atoms with Gasteiger partial charge in [-0.05, 0) is 26.7 Å². The van der Waals surface area contributed by atoms with Crippen LogP contribution in [0.1, 0.15) is 39.5 Å². The summed E-state index contributed by atoms with van der Waals surface area (Å²) in [7, 11) is 0. The minimum absolute atomic E-state index is 0.109. The molecule has 0 radical (unpaired) electrons. The third kappa shape index (κ3) is 6.77. The average molecular weight is 302 g/mol. The van der Waals surface area contributed by atoms with E-state index in [-0.39, 0.29) is 25.2 Å². The van der Waals surface area contributed by atoms with Crippen LogP contribution in [0.3, 0.4) is 0 Å². The fourth-order valence-corrected chi connectivity index (χ4v) is 2.43. The van der Waals surface area contributed by atoms with Crippen LogP contribution in [0.2, 0.25) is 0 Å². The summed E-state index contributed by atoms with van der Waals surface area (Å²) >= 11 is 0. The molecule has 1 saturated heterocycles. The van der Waals surface area contributed by atoms with E-state index in [1.807, 2.05) is 13.8 Å². The zero-order chi connectivity index (χ0) is 15.9. The molecule has 2 amide bonds. The summed E-state index contributed by atoms with van der Waals surface area (Å²) in [5.74, 6) is -0.787. The number of aliphatic carboxylic acids is 1. The Bertz CT molecular complexity index is 359. The first-order valence-corrected chi connectivity index (χ1v) is 7.37. The van der Waals surface area contributed by atoms with Gasteiger partial charge in [0.1, 0.15) is 0 Å². The molecule has 1 heterocycles. The number of ether oxygens (including phenoxy) is 1. The summed E-state index contributed by atoms with van der Waals surface area (Å²) in [5, 5.41) is 20.6. The lowest BCUT2D eigenvalue weighted by Gasteiger charge is -2.42. The fraction of sp³-hybridized carbons (Fsp3) is 0.857. The number of aliphatic hydroxyl groups excluding tert-OH is 1. The molecule has 21 heavy (non-hydrogen) atoms. The van der Waals surface area contributed by atoms with Crippen molar-refractivity contribution >= 4 is 12.0 Å². The van der Waals surface area contributed by atoms with Crippen molar-refractivity contribution in [3.05, 3.63) is 0 Å². The van der Waals surface area contributed by atoms with Gasteiger partial charge in [-0.3, -0.25) is 4.79 Å². The molecule has 0 bridgehead atoms. The van der Waals surface area contributed by atoms with Crippen LogP contribution in [0.25, 0.3) is 0 Å². The van der Waals surface area contributed by atoms with Gasteiger partial charge in [-0.2, -0.15) is 0 Å². The Morgan fingerprint density at radius 2 is 2.05 bits per heavy atom. The fourth-order valence-electron chi connectivity index (χ4n) is 2.43. The molecule has 0 aromatic carbocycles. The van der Waals surface area contributed by atoms with Crippen LogP contribution in [0.5, 0.6) is 0 Å². The summed E-state index contributed by atoms with van der Waals surface area (Å²) in [6, 6.07) is -0.164. The van der Waals surface area contributed by atoms with Crippen LogP contribution >= 0.6 is 0 Å². The highest BCUT2D eigenvalue weighted by atomic mass is 16.5. The minimum atomic E-state index is -0.787. The number of carboxylic acid groups (broad SMARTS) is 1. The number of rotatable bonds is 7. The van der Waals surface area contributed by atoms with E-state index < -0.39 is 11.6 Å². The number of aliphatic hydroxyl groups is 1. The van der Waals surface area contributed by atoms with Gasteiger partial charge in [0, 0.05) is 13.0 Å². The molecule has 0 aliphatic carbocycles. The molecular formula is C14H26N2O5. The maximum Gasteiger partial charge on any atom is 0.317 e. The maximum absolute atomic E-state index is 12.1. The topological polar surface area (TPSA) is 99.1 Å². The smallest absolute Gasteiger partial charge is 0.317 e. The molecule has 1 rings (SSSR count). The second-order valence-corrected chi connectivity index (χ2v) is 6.00.